The van der Waals surface area contributed by atoms with Gasteiger partial charge in [-0.3, -0.25) is 0 Å². The van der Waals surface area contributed by atoms with Crippen LogP contribution in [0.15, 0.2) is 12.1 Å². The van der Waals surface area contributed by atoms with Crippen molar-refractivity contribution in [2.45, 2.75) is 26.2 Å². The van der Waals surface area contributed by atoms with Gasteiger partial charge in [-0.05, 0) is 11.5 Å². The molecule has 0 aliphatic heterocycles. The molecule has 4 heteroatoms. The van der Waals surface area contributed by atoms with E-state index in [0.29, 0.717) is 17.2 Å². The molecule has 89 valence electrons. The van der Waals surface area contributed by atoms with Crippen LogP contribution in [0.5, 0.6) is 11.5 Å². The first-order valence-electron chi connectivity index (χ1n) is 5.09. The molecule has 0 saturated carbocycles. The summed E-state index contributed by atoms with van der Waals surface area (Å²) in [6, 6.07) is 3.68. The third kappa shape index (κ3) is 2.22. The Morgan fingerprint density at radius 1 is 1.12 bits per heavy atom. The van der Waals surface area contributed by atoms with Crippen LogP contribution < -0.4 is 15.0 Å². The summed E-state index contributed by atoms with van der Waals surface area (Å²) in [6.45, 7) is 6.18. The van der Waals surface area contributed by atoms with E-state index in [9.17, 15) is 5.21 Å². The molecule has 0 amide bonds. The summed E-state index contributed by atoms with van der Waals surface area (Å²) in [5, 5.41) is 11.0. The van der Waals surface area contributed by atoms with Gasteiger partial charge in [0.05, 0.1) is 14.2 Å². The monoisotopic (exact) mass is 224 g/mol. The fourth-order valence-electron chi connectivity index (χ4n) is 1.63. The van der Waals surface area contributed by atoms with Gasteiger partial charge in [0, 0.05) is 5.56 Å². The second kappa shape index (κ2) is 4.61. The fourth-order valence-corrected chi connectivity index (χ4v) is 1.63. The van der Waals surface area contributed by atoms with Gasteiger partial charge in [0.25, 0.3) is 0 Å². The van der Waals surface area contributed by atoms with Crippen molar-refractivity contribution in [2.75, 3.05) is 19.7 Å². The minimum absolute atomic E-state index is 0.0940. The van der Waals surface area contributed by atoms with Crippen LogP contribution in [0.2, 0.25) is 0 Å². The van der Waals surface area contributed by atoms with E-state index in [-0.39, 0.29) is 5.41 Å². The van der Waals surface area contributed by atoms with Crippen LogP contribution in [-0.4, -0.2) is 14.2 Å². The molecule has 0 heterocycles. The summed E-state index contributed by atoms with van der Waals surface area (Å²) < 4.78 is 10.4. The van der Waals surface area contributed by atoms with E-state index < -0.39 is 0 Å². The average molecular weight is 224 g/mol. The zero-order chi connectivity index (χ0) is 12.3. The first kappa shape index (κ1) is 12.6. The maximum absolute atomic E-state index is 11.0. The molecule has 0 saturated heterocycles. The number of anilines is 1. The van der Waals surface area contributed by atoms with Gasteiger partial charge in [-0.25, -0.2) is 5.48 Å². The molecule has 1 rings (SSSR count). The number of methoxy groups -OCH3 is 2. The largest absolute Gasteiger partial charge is 0.494 e. The van der Waals surface area contributed by atoms with Crippen LogP contribution in [0.1, 0.15) is 26.3 Å². The van der Waals surface area contributed by atoms with Crippen molar-refractivity contribution in [3.8, 4) is 11.5 Å². The third-order valence-electron chi connectivity index (χ3n) is 2.45. The van der Waals surface area contributed by atoms with Gasteiger partial charge in [-0.15, -0.1) is 0 Å². The molecular weight excluding hydrogens is 206 g/mol. The van der Waals surface area contributed by atoms with Crippen LogP contribution in [0.4, 0.5) is 5.69 Å². The molecule has 1 aromatic rings. The minimum atomic E-state index is -0.0940. The highest BCUT2D eigenvalue weighted by Gasteiger charge is 2.23. The molecule has 1 aromatic carbocycles. The summed E-state index contributed by atoms with van der Waals surface area (Å²) in [5.74, 6) is 1.03. The van der Waals surface area contributed by atoms with E-state index in [1.807, 2.05) is 11.5 Å². The van der Waals surface area contributed by atoms with Gasteiger partial charge in [-0.2, -0.15) is 0 Å². The summed E-state index contributed by atoms with van der Waals surface area (Å²) in [6.07, 6.45) is 0. The highest BCUT2D eigenvalue weighted by Crippen LogP contribution is 2.42. The van der Waals surface area contributed by atoms with Crippen LogP contribution >= 0.6 is 0 Å². The van der Waals surface area contributed by atoms with Gasteiger partial charge in [0.15, 0.2) is 5.75 Å². The standard InChI is InChI=1S/C12H18NO3/c1-12(2,3)8-6-7-9(15-4)10(13-14)11(8)16-5/h6-7,13H,1-5H3. The Kier molecular flexibility index (Phi) is 3.65. The normalized spacial score (nSPS) is 11.1. The van der Waals surface area contributed by atoms with Gasteiger partial charge >= 0.3 is 0 Å². The maximum Gasteiger partial charge on any atom is 0.151 e. The summed E-state index contributed by atoms with van der Waals surface area (Å²) >= 11 is 0. The number of benzene rings is 1. The lowest BCUT2D eigenvalue weighted by Gasteiger charge is -2.24. The molecule has 0 bridgehead atoms. The smallest absolute Gasteiger partial charge is 0.151 e. The molecule has 0 atom stereocenters. The van der Waals surface area contributed by atoms with E-state index >= 15 is 0 Å². The number of rotatable bonds is 3. The molecule has 0 unspecified atom stereocenters. The predicted molar refractivity (Wildman–Crippen MR) is 62.6 cm³/mol. The molecule has 0 aliphatic carbocycles. The Morgan fingerprint density at radius 3 is 2.12 bits per heavy atom. The van der Waals surface area contributed by atoms with Gasteiger partial charge in [0.1, 0.15) is 11.4 Å². The van der Waals surface area contributed by atoms with Crippen LogP contribution in [0.3, 0.4) is 0 Å². The Balaban J connectivity index is 3.43. The van der Waals surface area contributed by atoms with E-state index in [2.05, 4.69) is 20.8 Å². The van der Waals surface area contributed by atoms with Crippen molar-refractivity contribution in [2.24, 2.45) is 0 Å². The van der Waals surface area contributed by atoms with Crippen molar-refractivity contribution in [3.05, 3.63) is 17.7 Å². The molecule has 0 aliphatic rings. The SMILES string of the molecule is COc1ccc(C(C)(C)C)c(OC)c1N[O]. The molecular formula is C12H18NO3. The zero-order valence-corrected chi connectivity index (χ0v) is 10.4. The van der Waals surface area contributed by atoms with Gasteiger partial charge in [0.2, 0.25) is 0 Å². The van der Waals surface area contributed by atoms with Crippen molar-refractivity contribution in [3.63, 3.8) is 0 Å². The highest BCUT2D eigenvalue weighted by molar-refractivity contribution is 5.68. The van der Waals surface area contributed by atoms with Gasteiger partial charge < -0.3 is 9.47 Å². The van der Waals surface area contributed by atoms with Crippen molar-refractivity contribution in [1.82, 2.24) is 0 Å². The molecule has 4 nitrogen and oxygen atoms in total. The molecule has 1 N–H and O–H groups in total. The molecule has 0 fully saturated rings. The van der Waals surface area contributed by atoms with Gasteiger partial charge in [-0.1, -0.05) is 32.0 Å². The number of ether oxygens (including phenoxy) is 2. The topological polar surface area (TPSA) is 50.4 Å². The summed E-state index contributed by atoms with van der Waals surface area (Å²) in [5.41, 5.74) is 3.10. The lowest BCUT2D eigenvalue weighted by atomic mass is 9.86. The number of nitrogens with one attached hydrogen (secondary N) is 1. The summed E-state index contributed by atoms with van der Waals surface area (Å²) in [7, 11) is 3.07. The predicted octanol–water partition coefficient (Wildman–Crippen LogP) is 2.76. The quantitative estimate of drug-likeness (QED) is 0.803. The number of hydrogen-bond donors (Lipinski definition) is 1. The lowest BCUT2D eigenvalue weighted by Crippen LogP contribution is -2.14. The Morgan fingerprint density at radius 2 is 1.75 bits per heavy atom. The van der Waals surface area contributed by atoms with Crippen LogP contribution in [-0.2, 0) is 10.6 Å². The second-order valence-electron chi connectivity index (χ2n) is 4.58. The molecule has 0 spiro atoms. The Labute approximate surface area is 96.1 Å². The lowest BCUT2D eigenvalue weighted by molar-refractivity contribution is 0.266. The first-order valence-corrected chi connectivity index (χ1v) is 5.09. The van der Waals surface area contributed by atoms with E-state index in [1.165, 1.54) is 7.11 Å². The Hall–Kier alpha value is -1.42. The van der Waals surface area contributed by atoms with Crippen molar-refractivity contribution < 1.29 is 14.7 Å². The van der Waals surface area contributed by atoms with Crippen LogP contribution in [0.25, 0.3) is 0 Å². The molecule has 1 radical (unpaired) electrons. The van der Waals surface area contributed by atoms with Crippen molar-refractivity contribution >= 4 is 5.69 Å². The van der Waals surface area contributed by atoms with E-state index in [0.717, 1.165) is 5.56 Å². The zero-order valence-electron chi connectivity index (χ0n) is 10.4. The third-order valence-corrected chi connectivity index (χ3v) is 2.45. The summed E-state index contributed by atoms with van der Waals surface area (Å²) in [4.78, 5) is 0. The van der Waals surface area contributed by atoms with Crippen LogP contribution in [0, 0.1) is 0 Å². The fraction of sp³-hybridized carbons (Fsp3) is 0.500. The average Bonchev–Trinajstić information content (AvgIpc) is 2.25. The Bertz CT molecular complexity index is 369. The molecule has 0 aromatic heterocycles. The van der Waals surface area contributed by atoms with Crippen molar-refractivity contribution in [1.29, 1.82) is 0 Å². The highest BCUT2D eigenvalue weighted by atomic mass is 16.5. The van der Waals surface area contributed by atoms with E-state index in [1.54, 1.807) is 13.2 Å². The first-order chi connectivity index (χ1) is 7.45. The van der Waals surface area contributed by atoms with E-state index in [4.69, 9.17) is 9.47 Å². The molecule has 16 heavy (non-hydrogen) atoms. The second-order valence-corrected chi connectivity index (χ2v) is 4.58. The minimum Gasteiger partial charge on any atom is -0.494 e. The number of hydrogen-bond acceptors (Lipinski definition) is 3. The maximum atomic E-state index is 11.0.